The van der Waals surface area contributed by atoms with Crippen LogP contribution in [0.15, 0.2) is 0 Å². The maximum absolute atomic E-state index is 4.66. The van der Waals surface area contributed by atoms with E-state index < -0.39 is 0 Å². The van der Waals surface area contributed by atoms with Gasteiger partial charge in [-0.05, 0) is 0 Å². The molecule has 0 aliphatic rings. The van der Waals surface area contributed by atoms with Crippen molar-refractivity contribution in [1.82, 2.24) is 0 Å². The molecule has 0 atom stereocenters. The summed E-state index contributed by atoms with van der Waals surface area (Å²) in [7, 11) is 0. The van der Waals surface area contributed by atoms with Crippen molar-refractivity contribution < 1.29 is 21.1 Å². The Bertz CT molecular complexity index is 273. The van der Waals surface area contributed by atoms with Crippen LogP contribution in [0.4, 0.5) is 0 Å². The molecule has 0 rings (SSSR count). The van der Waals surface area contributed by atoms with Crippen molar-refractivity contribution in [3.05, 3.63) is 0 Å². The van der Waals surface area contributed by atoms with Crippen LogP contribution >= 0.6 is 73.3 Å². The van der Waals surface area contributed by atoms with Gasteiger partial charge < -0.3 is 183 Å². The predicted octanol–water partition coefficient (Wildman–Crippen LogP) is -1.34. The SMILES string of the molecule is NC(=S)[S-].NC(=S)[S-].NC(=S)[S-].NC(=S)[S-].NC(=S)[S-].NC(=S)[S-].[Mo+6]. The zero-order valence-electron chi connectivity index (χ0n) is 11.8. The minimum Gasteiger partial charge on any atom is -0.415 e. The Kier molecular flexibility index (Phi) is 72.6. The second-order valence-corrected chi connectivity index (χ2v) is 8.74. The first-order valence-electron chi connectivity index (χ1n) is 4.18. The second kappa shape index (κ2) is 40.1. The number of nitrogens with two attached hydrogens (primary N) is 6. The maximum Gasteiger partial charge on any atom is 6.00 e. The molecule has 0 radical (unpaired) electrons. The fourth-order valence-electron chi connectivity index (χ4n) is 0. The van der Waals surface area contributed by atoms with Crippen LogP contribution in [0.25, 0.3) is 0 Å². The van der Waals surface area contributed by atoms with Gasteiger partial charge in [-0.2, -0.15) is 0 Å². The first kappa shape index (κ1) is 45.2. The van der Waals surface area contributed by atoms with E-state index in [2.05, 4.69) is 183 Å². The molecule has 0 heterocycles. The van der Waals surface area contributed by atoms with Crippen LogP contribution < -0.4 is 34.4 Å². The average molecular weight is 649 g/mol. The van der Waals surface area contributed by atoms with E-state index in [0.29, 0.717) is 0 Å². The summed E-state index contributed by atoms with van der Waals surface area (Å²) in [4.78, 5) is 0. The van der Waals surface area contributed by atoms with E-state index in [1.54, 1.807) is 0 Å². The molecule has 0 amide bonds. The number of hydrogen-bond donors (Lipinski definition) is 6. The van der Waals surface area contributed by atoms with E-state index >= 15 is 0 Å². The second-order valence-electron chi connectivity index (χ2n) is 1.91. The van der Waals surface area contributed by atoms with Crippen molar-refractivity contribution in [3.8, 4) is 0 Å². The van der Waals surface area contributed by atoms with Gasteiger partial charge in [-0.1, -0.05) is 25.9 Å². The van der Waals surface area contributed by atoms with Gasteiger partial charge in [-0.25, -0.2) is 0 Å². The summed E-state index contributed by atoms with van der Waals surface area (Å²) in [5.74, 6) is 0. The van der Waals surface area contributed by atoms with Gasteiger partial charge in [0.1, 0.15) is 0 Å². The summed E-state index contributed by atoms with van der Waals surface area (Å²) in [6.07, 6.45) is 0. The zero-order chi connectivity index (χ0) is 21.5. The van der Waals surface area contributed by atoms with Crippen molar-refractivity contribution in [2.75, 3.05) is 0 Å². The van der Waals surface area contributed by atoms with E-state index in [9.17, 15) is 0 Å². The third-order valence-electron chi connectivity index (χ3n) is 0. The van der Waals surface area contributed by atoms with E-state index in [4.69, 9.17) is 0 Å². The molecule has 0 fully saturated rings. The first-order chi connectivity index (χ1) is 10.4. The molecular formula is C6H12MoN6S12. The summed E-state index contributed by atoms with van der Waals surface area (Å²) in [6, 6.07) is 0. The molecule has 0 saturated heterocycles. The molecule has 0 bridgehead atoms. The number of thiocarbonyl (C=S) groups is 6. The molecule has 0 saturated carbocycles. The molecule has 0 aromatic heterocycles. The van der Waals surface area contributed by atoms with Crippen molar-refractivity contribution in [2.24, 2.45) is 34.4 Å². The molecule has 19 heteroatoms. The summed E-state index contributed by atoms with van der Waals surface area (Å²) in [6.45, 7) is 0. The van der Waals surface area contributed by atoms with Gasteiger partial charge in [0, 0.05) is 0 Å². The van der Waals surface area contributed by atoms with Crippen molar-refractivity contribution >= 4 is 175 Å². The molecule has 0 aromatic carbocycles. The van der Waals surface area contributed by atoms with E-state index in [1.165, 1.54) is 0 Å². The van der Waals surface area contributed by atoms with Crippen LogP contribution in [0.3, 0.4) is 0 Å². The molecule has 0 aliphatic heterocycles. The molecule has 12 N–H and O–H groups in total. The molecular weight excluding hydrogens is 637 g/mol. The molecule has 25 heavy (non-hydrogen) atoms. The van der Waals surface area contributed by atoms with Gasteiger partial charge >= 0.3 is 21.1 Å². The predicted molar refractivity (Wildman–Crippen MR) is 145 cm³/mol. The molecule has 0 aromatic rings. The van der Waals surface area contributed by atoms with Gasteiger partial charge in [0.25, 0.3) is 0 Å². The quantitative estimate of drug-likeness (QED) is 0.104. The Morgan fingerprint density at radius 1 is 0.360 bits per heavy atom. The van der Waals surface area contributed by atoms with Crippen LogP contribution in [-0.4, -0.2) is 25.9 Å². The summed E-state index contributed by atoms with van der Waals surface area (Å²) >= 11 is 49.6. The van der Waals surface area contributed by atoms with Crippen molar-refractivity contribution in [3.63, 3.8) is 0 Å². The molecule has 0 aliphatic carbocycles. The monoisotopic (exact) mass is 650 g/mol. The van der Waals surface area contributed by atoms with E-state index in [-0.39, 0.29) is 47.0 Å². The Hall–Kier alpha value is 1.35. The third kappa shape index (κ3) is 7600. The van der Waals surface area contributed by atoms with Gasteiger partial charge in [0.2, 0.25) is 0 Å². The molecule has 0 spiro atoms. The summed E-state index contributed by atoms with van der Waals surface area (Å²) in [5, 5.41) is 0. The minimum absolute atomic E-state index is 0. The number of hydrogen-bond acceptors (Lipinski definition) is 12. The fourth-order valence-corrected chi connectivity index (χ4v) is 0. The Balaban J connectivity index is -0.0000000309. The molecule has 0 unspecified atom stereocenters. The normalized spacial score (nSPS) is 5.76. The zero-order valence-corrected chi connectivity index (χ0v) is 23.6. The smallest absolute Gasteiger partial charge is 0.415 e. The Morgan fingerprint density at radius 3 is 0.360 bits per heavy atom. The van der Waals surface area contributed by atoms with Crippen LogP contribution in [0.1, 0.15) is 0 Å². The average Bonchev–Trinajstić information content (AvgIpc) is 2.08. The van der Waals surface area contributed by atoms with Gasteiger partial charge in [0.15, 0.2) is 0 Å². The Morgan fingerprint density at radius 2 is 0.360 bits per heavy atom. The third-order valence-corrected chi connectivity index (χ3v) is 0. The van der Waals surface area contributed by atoms with E-state index in [0.717, 1.165) is 0 Å². The standard InChI is InChI=1S/6CH3NS2.Mo/c6*2-1(3)4;/h6*(H3,2,3,4);/q;;;;;;+6/p-6. The first-order valence-corrected chi connectivity index (χ1v) is 9.08. The largest absolute Gasteiger partial charge is 6.00 e. The van der Waals surface area contributed by atoms with Crippen LogP contribution in [0.5, 0.6) is 0 Å². The summed E-state index contributed by atoms with van der Waals surface area (Å²) in [5.41, 5.74) is 27.9. The van der Waals surface area contributed by atoms with Crippen molar-refractivity contribution in [2.45, 2.75) is 0 Å². The maximum atomic E-state index is 4.66. The van der Waals surface area contributed by atoms with E-state index in [1.807, 2.05) is 0 Å². The fraction of sp³-hybridized carbons (Fsp3) is 0. The van der Waals surface area contributed by atoms with Crippen LogP contribution in [0.2, 0.25) is 0 Å². The van der Waals surface area contributed by atoms with Gasteiger partial charge in [0.05, 0.1) is 0 Å². The van der Waals surface area contributed by atoms with Gasteiger partial charge in [-0.3, -0.25) is 0 Å². The molecule has 6 nitrogen and oxygen atoms in total. The van der Waals surface area contributed by atoms with Gasteiger partial charge in [-0.15, -0.1) is 0 Å². The van der Waals surface area contributed by atoms with Crippen LogP contribution in [0, 0.1) is 0 Å². The summed E-state index contributed by atoms with van der Waals surface area (Å²) < 4.78 is 0.500. The van der Waals surface area contributed by atoms with Crippen molar-refractivity contribution in [1.29, 1.82) is 0 Å². The van der Waals surface area contributed by atoms with Crippen LogP contribution in [-0.2, 0) is 96.8 Å². The topological polar surface area (TPSA) is 156 Å². The minimum atomic E-state index is 0. The number of rotatable bonds is 0. The molecule has 144 valence electrons. The Labute approximate surface area is 227 Å².